The van der Waals surface area contributed by atoms with Crippen molar-refractivity contribution in [1.29, 1.82) is 0 Å². The minimum Gasteiger partial charge on any atom is -0.378 e. The van der Waals surface area contributed by atoms with Crippen molar-refractivity contribution in [2.45, 2.75) is 32.7 Å². The Hall–Kier alpha value is -3.38. The highest BCUT2D eigenvalue weighted by Gasteiger charge is 2.22. The van der Waals surface area contributed by atoms with Gasteiger partial charge in [-0.2, -0.15) is 0 Å². The Balaban J connectivity index is 1.26. The molecule has 0 atom stereocenters. The molecule has 6 nitrogen and oxygen atoms in total. The lowest BCUT2D eigenvalue weighted by Crippen LogP contribution is -2.40. The molecular formula is C27H29N3O3. The fourth-order valence-corrected chi connectivity index (χ4v) is 4.77. The molecule has 2 aromatic carbocycles. The Morgan fingerprint density at radius 1 is 0.970 bits per heavy atom. The molecule has 0 aliphatic carbocycles. The van der Waals surface area contributed by atoms with E-state index in [0.29, 0.717) is 26.3 Å². The van der Waals surface area contributed by atoms with Gasteiger partial charge >= 0.3 is 0 Å². The number of carbonyl (C=O) groups excluding carboxylic acids is 2. The van der Waals surface area contributed by atoms with Crippen molar-refractivity contribution in [3.8, 4) is 0 Å². The van der Waals surface area contributed by atoms with Crippen LogP contribution in [-0.4, -0.2) is 52.2 Å². The van der Waals surface area contributed by atoms with E-state index >= 15 is 0 Å². The van der Waals surface area contributed by atoms with Gasteiger partial charge in [-0.1, -0.05) is 24.3 Å². The van der Waals surface area contributed by atoms with Crippen LogP contribution in [0.2, 0.25) is 0 Å². The minimum atomic E-state index is 0.0307. The molecule has 0 bridgehead atoms. The molecule has 1 saturated heterocycles. The molecule has 1 aliphatic heterocycles. The number of amides is 1. The summed E-state index contributed by atoms with van der Waals surface area (Å²) < 4.78 is 9.31. The highest BCUT2D eigenvalue weighted by atomic mass is 16.5. The predicted octanol–water partition coefficient (Wildman–Crippen LogP) is 4.75. The number of benzene rings is 2. The fourth-order valence-electron chi connectivity index (χ4n) is 4.77. The van der Waals surface area contributed by atoms with Crippen LogP contribution in [0.15, 0.2) is 60.9 Å². The molecule has 0 N–H and O–H groups in total. The zero-order valence-corrected chi connectivity index (χ0v) is 19.0. The summed E-state index contributed by atoms with van der Waals surface area (Å²) in [4.78, 5) is 26.7. The fraction of sp³-hybridized carbons (Fsp3) is 0.333. The van der Waals surface area contributed by atoms with Gasteiger partial charge in [0.15, 0.2) is 0 Å². The third-order valence-electron chi connectivity index (χ3n) is 6.53. The molecule has 2 aromatic heterocycles. The lowest BCUT2D eigenvalue weighted by molar-refractivity contribution is 0.0304. The van der Waals surface area contributed by atoms with Crippen molar-refractivity contribution >= 4 is 33.6 Å². The number of ether oxygens (including phenoxy) is 1. The molecule has 170 valence electrons. The van der Waals surface area contributed by atoms with Crippen molar-refractivity contribution in [1.82, 2.24) is 14.0 Å². The molecule has 1 amide bonds. The number of hydrogen-bond donors (Lipinski definition) is 0. The first-order valence-corrected chi connectivity index (χ1v) is 11.7. The van der Waals surface area contributed by atoms with Gasteiger partial charge in [0.25, 0.3) is 5.91 Å². The summed E-state index contributed by atoms with van der Waals surface area (Å²) in [5, 5.41) is 2.12. The van der Waals surface area contributed by atoms with E-state index in [2.05, 4.69) is 22.8 Å². The Morgan fingerprint density at radius 2 is 1.79 bits per heavy atom. The summed E-state index contributed by atoms with van der Waals surface area (Å²) in [6.45, 7) is 4.97. The van der Waals surface area contributed by atoms with E-state index in [1.165, 1.54) is 5.56 Å². The van der Waals surface area contributed by atoms with Crippen LogP contribution in [0.25, 0.3) is 21.8 Å². The van der Waals surface area contributed by atoms with Gasteiger partial charge in [0.2, 0.25) is 5.91 Å². The summed E-state index contributed by atoms with van der Waals surface area (Å²) in [6, 6.07) is 16.5. The Kier molecular flexibility index (Phi) is 6.01. The predicted molar refractivity (Wildman–Crippen MR) is 130 cm³/mol. The number of nitrogens with zero attached hydrogens (tertiary/aromatic N) is 3. The molecule has 33 heavy (non-hydrogen) atoms. The van der Waals surface area contributed by atoms with Crippen molar-refractivity contribution in [3.63, 3.8) is 0 Å². The van der Waals surface area contributed by atoms with Gasteiger partial charge in [-0.15, -0.1) is 0 Å². The van der Waals surface area contributed by atoms with Crippen LogP contribution in [0.4, 0.5) is 0 Å². The first-order valence-electron chi connectivity index (χ1n) is 11.7. The van der Waals surface area contributed by atoms with Crippen molar-refractivity contribution in [3.05, 3.63) is 72.1 Å². The van der Waals surface area contributed by atoms with E-state index in [-0.39, 0.29) is 11.8 Å². The first kappa shape index (κ1) is 21.5. The average Bonchev–Trinajstić information content (AvgIpc) is 3.43. The van der Waals surface area contributed by atoms with Crippen molar-refractivity contribution in [2.24, 2.45) is 0 Å². The summed E-state index contributed by atoms with van der Waals surface area (Å²) >= 11 is 0. The lowest BCUT2D eigenvalue weighted by atomic mass is 10.1. The molecule has 0 saturated carbocycles. The van der Waals surface area contributed by atoms with Crippen LogP contribution in [-0.2, 0) is 17.7 Å². The Bertz CT molecular complexity index is 1310. The maximum Gasteiger partial charge on any atom is 0.256 e. The molecule has 0 unspecified atom stereocenters. The van der Waals surface area contributed by atoms with Crippen LogP contribution in [0.1, 0.15) is 40.5 Å². The minimum absolute atomic E-state index is 0.0307. The van der Waals surface area contributed by atoms with Crippen LogP contribution in [0.5, 0.6) is 0 Å². The number of rotatable bonds is 6. The number of aryl methyl sites for hydroxylation is 2. The number of unbranched alkanes of at least 4 members (excludes halogenated alkanes) is 1. The average molecular weight is 444 g/mol. The monoisotopic (exact) mass is 443 g/mol. The summed E-state index contributed by atoms with van der Waals surface area (Å²) in [6.07, 6.45) is 6.93. The van der Waals surface area contributed by atoms with Crippen LogP contribution < -0.4 is 0 Å². The van der Waals surface area contributed by atoms with E-state index in [1.807, 2.05) is 47.6 Å². The van der Waals surface area contributed by atoms with E-state index in [1.54, 1.807) is 11.5 Å². The smallest absolute Gasteiger partial charge is 0.256 e. The molecule has 1 aliphatic rings. The maximum atomic E-state index is 13.1. The Morgan fingerprint density at radius 3 is 2.61 bits per heavy atom. The summed E-state index contributed by atoms with van der Waals surface area (Å²) in [5.41, 5.74) is 4.14. The maximum absolute atomic E-state index is 13.1. The van der Waals surface area contributed by atoms with Crippen LogP contribution >= 0.6 is 0 Å². The SMILES string of the molecule is CC(=O)n1ccc2cc(CCCCn3cc(C(=O)N4CCOCC4)c4ccccc43)ccc21. The molecule has 3 heterocycles. The number of hydrogen-bond acceptors (Lipinski definition) is 3. The van der Waals surface area contributed by atoms with Crippen molar-refractivity contribution in [2.75, 3.05) is 26.3 Å². The normalized spacial score (nSPS) is 14.3. The highest BCUT2D eigenvalue weighted by Crippen LogP contribution is 2.24. The van der Waals surface area contributed by atoms with Gasteiger partial charge in [0.05, 0.1) is 24.3 Å². The first-order chi connectivity index (χ1) is 16.1. The quantitative estimate of drug-likeness (QED) is 0.404. The molecular weight excluding hydrogens is 414 g/mol. The molecule has 5 rings (SSSR count). The second kappa shape index (κ2) is 9.24. The standard InChI is InChI=1S/C27H29N3O3/c1-20(31)30-13-11-22-18-21(9-10-25(22)30)6-4-5-12-29-19-24(23-7-2-3-8-26(23)29)27(32)28-14-16-33-17-15-28/h2-3,7-11,13,18-19H,4-6,12,14-17H2,1H3. The number of aromatic nitrogens is 2. The summed E-state index contributed by atoms with van der Waals surface area (Å²) in [5.74, 6) is 0.127. The van der Waals surface area contributed by atoms with Crippen LogP contribution in [0, 0.1) is 0 Å². The molecule has 0 radical (unpaired) electrons. The molecule has 0 spiro atoms. The van der Waals surface area contributed by atoms with E-state index in [9.17, 15) is 9.59 Å². The van der Waals surface area contributed by atoms with Gasteiger partial charge in [-0.25, -0.2) is 0 Å². The van der Waals surface area contributed by atoms with E-state index in [0.717, 1.165) is 53.2 Å². The Labute approximate surface area is 193 Å². The topological polar surface area (TPSA) is 56.5 Å². The van der Waals surface area contributed by atoms with E-state index in [4.69, 9.17) is 4.74 Å². The highest BCUT2D eigenvalue weighted by molar-refractivity contribution is 6.07. The van der Waals surface area contributed by atoms with E-state index < -0.39 is 0 Å². The number of morpholine rings is 1. The lowest BCUT2D eigenvalue weighted by Gasteiger charge is -2.26. The molecule has 4 aromatic rings. The summed E-state index contributed by atoms with van der Waals surface area (Å²) in [7, 11) is 0. The van der Waals surface area contributed by atoms with Gasteiger partial charge in [0, 0.05) is 55.2 Å². The molecule has 1 fully saturated rings. The third kappa shape index (κ3) is 4.31. The molecule has 6 heteroatoms. The zero-order valence-electron chi connectivity index (χ0n) is 19.0. The van der Waals surface area contributed by atoms with Crippen LogP contribution in [0.3, 0.4) is 0 Å². The number of para-hydroxylation sites is 1. The van der Waals surface area contributed by atoms with Gasteiger partial charge in [0.1, 0.15) is 0 Å². The largest absolute Gasteiger partial charge is 0.378 e. The second-order valence-electron chi connectivity index (χ2n) is 8.71. The number of carbonyl (C=O) groups is 2. The second-order valence-corrected chi connectivity index (χ2v) is 8.71. The third-order valence-corrected chi connectivity index (χ3v) is 6.53. The van der Waals surface area contributed by atoms with Gasteiger partial charge in [-0.3, -0.25) is 14.2 Å². The van der Waals surface area contributed by atoms with Crippen molar-refractivity contribution < 1.29 is 14.3 Å². The zero-order chi connectivity index (χ0) is 22.8. The van der Waals surface area contributed by atoms with Gasteiger partial charge < -0.3 is 14.2 Å². The van der Waals surface area contributed by atoms with Gasteiger partial charge in [-0.05, 0) is 49.1 Å². The number of fused-ring (bicyclic) bond motifs is 2.